The molecular formula is C10H17O4P. The molecule has 0 amide bonds. The first-order valence-electron chi connectivity index (χ1n) is 5.39. The molecule has 0 aromatic carbocycles. The number of Topliss-reactive ketones (excluding diaryl/α,β-unsaturated/α-hetero) is 1. The molecule has 86 valence electrons. The van der Waals surface area contributed by atoms with Gasteiger partial charge in [-0.3, -0.25) is 9.36 Å². The fourth-order valence-corrected chi connectivity index (χ4v) is 1.86. The highest BCUT2D eigenvalue weighted by atomic mass is 31.2. The lowest BCUT2D eigenvalue weighted by atomic mass is 10.0. The van der Waals surface area contributed by atoms with E-state index in [1.165, 1.54) is 28.1 Å². The summed E-state index contributed by atoms with van der Waals surface area (Å²) in [5.74, 6) is 3.21. The van der Waals surface area contributed by atoms with Crippen LogP contribution < -0.4 is 0 Å². The maximum atomic E-state index is 11.8. The van der Waals surface area contributed by atoms with Crippen molar-refractivity contribution in [1.29, 1.82) is 0 Å². The van der Waals surface area contributed by atoms with Gasteiger partial charge in [-0.15, -0.1) is 11.8 Å². The van der Waals surface area contributed by atoms with Crippen LogP contribution in [0.5, 0.6) is 0 Å². The fourth-order valence-electron chi connectivity index (χ4n) is 0.792. The Balaban J connectivity index is 4.83. The minimum Gasteiger partial charge on any atom is -0.312 e. The van der Waals surface area contributed by atoms with Crippen molar-refractivity contribution in [3.63, 3.8) is 0 Å². The summed E-state index contributed by atoms with van der Waals surface area (Å²) in [4.78, 5) is 11.8. The Kier molecular flexibility index (Phi) is 4.93. The Morgan fingerprint density at radius 3 is 2.47 bits per heavy atom. The third-order valence-corrected chi connectivity index (χ3v) is 3.61. The van der Waals surface area contributed by atoms with Crippen LogP contribution in [-0.4, -0.2) is 26.2 Å². The van der Waals surface area contributed by atoms with E-state index in [1.54, 1.807) is 0 Å². The number of carbonyl (C=O) groups excluding carboxylic acids is 1. The molecule has 1 unspecified atom stereocenters. The number of rotatable bonds is 6. The van der Waals surface area contributed by atoms with Crippen molar-refractivity contribution in [2.45, 2.75) is 20.2 Å². The Morgan fingerprint density at radius 2 is 2.07 bits per heavy atom. The van der Waals surface area contributed by atoms with Gasteiger partial charge >= 0.3 is 7.60 Å². The van der Waals surface area contributed by atoms with Gasteiger partial charge in [-0.25, -0.2) is 0 Å². The largest absolute Gasteiger partial charge is 0.337 e. The van der Waals surface area contributed by atoms with Gasteiger partial charge in [0.2, 0.25) is 0 Å². The van der Waals surface area contributed by atoms with Gasteiger partial charge in [-0.2, -0.15) is 0 Å². The lowest BCUT2D eigenvalue weighted by molar-refractivity contribution is -0.120. The van der Waals surface area contributed by atoms with Crippen molar-refractivity contribution in [3.8, 4) is 11.8 Å². The molecule has 0 saturated heterocycles. The number of hydrogen-bond acceptors (Lipinski definition) is 4. The van der Waals surface area contributed by atoms with Gasteiger partial charge in [-0.1, -0.05) is 6.92 Å². The van der Waals surface area contributed by atoms with E-state index in [1.807, 2.05) is 0 Å². The van der Waals surface area contributed by atoms with Crippen molar-refractivity contribution in [3.05, 3.63) is 0 Å². The molecule has 15 heavy (non-hydrogen) atoms. The van der Waals surface area contributed by atoms with E-state index in [2.05, 4.69) is 20.9 Å². The van der Waals surface area contributed by atoms with Crippen molar-refractivity contribution >= 4 is 13.4 Å². The third-order valence-electron chi connectivity index (χ3n) is 1.80. The Morgan fingerprint density at radius 1 is 1.53 bits per heavy atom. The second-order valence-electron chi connectivity index (χ2n) is 2.84. The Hall–Kier alpha value is -0.620. The van der Waals surface area contributed by atoms with Crippen molar-refractivity contribution in [1.82, 2.24) is 0 Å². The average Bonchev–Trinajstić information content (AvgIpc) is 2.27. The van der Waals surface area contributed by atoms with Gasteiger partial charge in [0.15, 0.2) is 0 Å². The normalized spacial score (nSPS) is 15.7. The lowest BCUT2D eigenvalue weighted by Crippen LogP contribution is -2.16. The molecule has 0 fully saturated rings. The molecule has 5 heteroatoms. The van der Waals surface area contributed by atoms with Crippen LogP contribution in [0.1, 0.15) is 23.0 Å². The highest BCUT2D eigenvalue weighted by Crippen LogP contribution is 2.46. The average molecular weight is 234 g/mol. The van der Waals surface area contributed by atoms with Crippen LogP contribution >= 0.6 is 7.60 Å². The molecule has 0 aromatic heterocycles. The van der Waals surface area contributed by atoms with Crippen molar-refractivity contribution in [2.24, 2.45) is 5.92 Å². The summed E-state index contributed by atoms with van der Waals surface area (Å²) in [6, 6.07) is 0. The second-order valence-corrected chi connectivity index (χ2v) is 5.11. The summed E-state index contributed by atoms with van der Waals surface area (Å²) in [6.07, 6.45) is -2.40. The lowest BCUT2D eigenvalue weighted by Gasteiger charge is -2.14. The summed E-state index contributed by atoms with van der Waals surface area (Å²) < 4.78 is 36.2. The summed E-state index contributed by atoms with van der Waals surface area (Å²) in [5.41, 5.74) is 0. The number of carbonyl (C=O) groups is 1. The number of hydrogen-bond donors (Lipinski definition) is 0. The zero-order chi connectivity index (χ0) is 13.7. The van der Waals surface area contributed by atoms with Gasteiger partial charge in [0, 0.05) is 29.3 Å². The Labute approximate surface area is 93.7 Å². The molecule has 0 aliphatic heterocycles. The molecular weight excluding hydrogens is 215 g/mol. The van der Waals surface area contributed by atoms with Crippen LogP contribution in [0.15, 0.2) is 0 Å². The van der Waals surface area contributed by atoms with Gasteiger partial charge in [-0.05, 0) is 6.92 Å². The molecule has 0 radical (unpaired) electrons. The van der Waals surface area contributed by atoms with Crippen LogP contribution in [0.2, 0.25) is 0 Å². The summed E-state index contributed by atoms with van der Waals surface area (Å²) in [6.45, 7) is 2.90. The van der Waals surface area contributed by atoms with E-state index < -0.39 is 31.8 Å². The maximum absolute atomic E-state index is 11.8. The molecule has 0 rings (SSSR count). The molecule has 0 N–H and O–H groups in total. The van der Waals surface area contributed by atoms with E-state index in [9.17, 15) is 9.36 Å². The molecule has 0 aromatic rings. The maximum Gasteiger partial charge on any atom is 0.337 e. The third kappa shape index (κ3) is 5.13. The number of ketones is 1. The van der Waals surface area contributed by atoms with Crippen molar-refractivity contribution in [2.75, 3.05) is 20.4 Å². The smallest absolute Gasteiger partial charge is 0.312 e. The highest BCUT2D eigenvalue weighted by molar-refractivity contribution is 7.54. The molecule has 0 aliphatic rings. The summed E-state index contributed by atoms with van der Waals surface area (Å²) in [7, 11) is -1.08. The van der Waals surface area contributed by atoms with Crippen LogP contribution in [0.4, 0.5) is 0 Å². The quantitative estimate of drug-likeness (QED) is 0.521. The molecule has 4 nitrogen and oxygen atoms in total. The van der Waals surface area contributed by atoms with E-state index in [0.29, 0.717) is 0 Å². The first-order chi connectivity index (χ1) is 7.72. The zero-order valence-electron chi connectivity index (χ0n) is 11.4. The summed E-state index contributed by atoms with van der Waals surface area (Å²) in [5, 5.41) is 0. The minimum absolute atomic E-state index is 0.452. The molecule has 0 spiro atoms. The zero-order valence-corrected chi connectivity index (χ0v) is 10.3. The van der Waals surface area contributed by atoms with Crippen LogP contribution in [0, 0.1) is 17.8 Å². The summed E-state index contributed by atoms with van der Waals surface area (Å²) >= 11 is 0. The monoisotopic (exact) mass is 234 g/mol. The van der Waals surface area contributed by atoms with E-state index in [4.69, 9.17) is 2.74 Å². The van der Waals surface area contributed by atoms with E-state index >= 15 is 0 Å². The van der Waals surface area contributed by atoms with Gasteiger partial charge in [0.25, 0.3) is 0 Å². The van der Waals surface area contributed by atoms with E-state index in [0.717, 1.165) is 0 Å². The standard InChI is InChI=1S/C10H17O4P/c1-5-6-7-9(2)10(11)8-15(12,13-3)14-4/h9H,7-8H2,1-4H3/i7D2. The molecule has 0 bridgehead atoms. The SMILES string of the molecule is [2H]C([2H])(C#CC)C(C)C(=O)CP(=O)(OC)OC. The topological polar surface area (TPSA) is 52.6 Å². The van der Waals surface area contributed by atoms with Crippen LogP contribution in [0.25, 0.3) is 0 Å². The van der Waals surface area contributed by atoms with E-state index in [-0.39, 0.29) is 0 Å². The minimum atomic E-state index is -3.44. The predicted octanol–water partition coefficient (Wildman–Crippen LogP) is 2.09. The van der Waals surface area contributed by atoms with Gasteiger partial charge in [0.05, 0.1) is 0 Å². The van der Waals surface area contributed by atoms with Gasteiger partial charge in [0.1, 0.15) is 11.9 Å². The molecule has 1 atom stereocenters. The molecule has 0 aliphatic carbocycles. The fraction of sp³-hybridized carbons (Fsp3) is 0.700. The Bertz CT molecular complexity index is 376. The highest BCUT2D eigenvalue weighted by Gasteiger charge is 2.27. The molecule has 0 saturated carbocycles. The van der Waals surface area contributed by atoms with Crippen LogP contribution in [-0.2, 0) is 18.4 Å². The first kappa shape index (κ1) is 10.9. The predicted molar refractivity (Wildman–Crippen MR) is 58.7 cm³/mol. The second kappa shape index (κ2) is 6.79. The van der Waals surface area contributed by atoms with Gasteiger partial charge < -0.3 is 9.05 Å². The van der Waals surface area contributed by atoms with Crippen molar-refractivity contribution < 1.29 is 21.1 Å². The van der Waals surface area contributed by atoms with Crippen LogP contribution in [0.3, 0.4) is 0 Å². The first-order valence-corrected chi connectivity index (χ1v) is 6.12. The molecule has 0 heterocycles.